The Hall–Kier alpha value is -2.74. The molecule has 32 heavy (non-hydrogen) atoms. The smallest absolute Gasteiger partial charge is 0.123 e. The summed E-state index contributed by atoms with van der Waals surface area (Å²) < 4.78 is 19.1. The molecule has 0 spiro atoms. The number of aliphatic hydroxyl groups excluding tert-OH is 1. The SMILES string of the molecule is COc1ccc(CN2CCN(Cc3cn[nH]c3-c3cccc(F)c3)C[C@@H]2CCO)cc1C. The van der Waals surface area contributed by atoms with Crippen LogP contribution in [0.1, 0.15) is 23.1 Å². The van der Waals surface area contributed by atoms with Crippen LogP contribution in [0.5, 0.6) is 5.75 Å². The van der Waals surface area contributed by atoms with Crippen molar-refractivity contribution in [2.24, 2.45) is 0 Å². The second-order valence-corrected chi connectivity index (χ2v) is 8.46. The first-order chi connectivity index (χ1) is 15.6. The van der Waals surface area contributed by atoms with Crippen molar-refractivity contribution in [2.45, 2.75) is 32.5 Å². The summed E-state index contributed by atoms with van der Waals surface area (Å²) in [6.45, 7) is 6.52. The van der Waals surface area contributed by atoms with Gasteiger partial charge in [-0.3, -0.25) is 14.9 Å². The van der Waals surface area contributed by atoms with Crippen molar-refractivity contribution in [3.05, 3.63) is 71.2 Å². The first kappa shape index (κ1) is 22.5. The number of methoxy groups -OCH3 is 1. The van der Waals surface area contributed by atoms with Gasteiger partial charge in [0.2, 0.25) is 0 Å². The normalized spacial score (nSPS) is 17.6. The van der Waals surface area contributed by atoms with Crippen LogP contribution in [-0.4, -0.2) is 64.5 Å². The molecule has 0 unspecified atom stereocenters. The number of benzene rings is 2. The fourth-order valence-corrected chi connectivity index (χ4v) is 4.57. The average molecular weight is 439 g/mol. The van der Waals surface area contributed by atoms with Gasteiger partial charge in [-0.1, -0.05) is 24.3 Å². The standard InChI is InChI=1S/C25H31FN4O2/c1-18-12-19(6-7-24(18)32-2)15-30-10-9-29(17-23(30)8-11-31)16-21-14-27-28-25(21)20-4-3-5-22(26)13-20/h3-7,12-14,23,31H,8-11,15-17H2,1-2H3,(H,27,28)/t23-/m0/s1. The Morgan fingerprint density at radius 3 is 2.81 bits per heavy atom. The molecule has 2 aromatic carbocycles. The Kier molecular flexibility index (Phi) is 7.19. The predicted octanol–water partition coefficient (Wildman–Crippen LogP) is 3.60. The Morgan fingerprint density at radius 1 is 1.19 bits per heavy atom. The molecule has 170 valence electrons. The molecule has 0 amide bonds. The number of halogens is 1. The molecule has 6 nitrogen and oxygen atoms in total. The maximum atomic E-state index is 13.7. The molecule has 1 atom stereocenters. The van der Waals surface area contributed by atoms with Crippen LogP contribution in [0.15, 0.2) is 48.7 Å². The zero-order valence-corrected chi connectivity index (χ0v) is 18.7. The highest BCUT2D eigenvalue weighted by atomic mass is 19.1. The molecule has 3 aromatic rings. The van der Waals surface area contributed by atoms with E-state index in [1.54, 1.807) is 13.2 Å². The van der Waals surface area contributed by atoms with E-state index in [-0.39, 0.29) is 18.5 Å². The minimum absolute atomic E-state index is 0.164. The van der Waals surface area contributed by atoms with E-state index in [0.717, 1.165) is 67.3 Å². The number of aliphatic hydroxyl groups is 1. The number of aromatic nitrogens is 2. The van der Waals surface area contributed by atoms with E-state index in [2.05, 4.69) is 39.1 Å². The van der Waals surface area contributed by atoms with Crippen LogP contribution in [0.2, 0.25) is 0 Å². The third-order valence-corrected chi connectivity index (χ3v) is 6.22. The lowest BCUT2D eigenvalue weighted by molar-refractivity contribution is 0.0500. The van der Waals surface area contributed by atoms with E-state index in [9.17, 15) is 9.50 Å². The number of aryl methyl sites for hydroxylation is 1. The van der Waals surface area contributed by atoms with Crippen LogP contribution in [0.4, 0.5) is 4.39 Å². The largest absolute Gasteiger partial charge is 0.496 e. The van der Waals surface area contributed by atoms with Gasteiger partial charge in [0.25, 0.3) is 0 Å². The molecule has 4 rings (SSSR count). The van der Waals surface area contributed by atoms with Crippen molar-refractivity contribution in [1.29, 1.82) is 0 Å². The summed E-state index contributed by atoms with van der Waals surface area (Å²) in [5.41, 5.74) is 5.10. The van der Waals surface area contributed by atoms with Gasteiger partial charge >= 0.3 is 0 Å². The maximum Gasteiger partial charge on any atom is 0.123 e. The lowest BCUT2D eigenvalue weighted by Crippen LogP contribution is -2.52. The Bertz CT molecular complexity index is 1040. The van der Waals surface area contributed by atoms with Gasteiger partial charge in [0.15, 0.2) is 0 Å². The first-order valence-corrected chi connectivity index (χ1v) is 11.1. The number of nitrogens with one attached hydrogen (secondary N) is 1. The van der Waals surface area contributed by atoms with Gasteiger partial charge in [-0.2, -0.15) is 5.10 Å². The first-order valence-electron chi connectivity index (χ1n) is 11.1. The van der Waals surface area contributed by atoms with Crippen LogP contribution >= 0.6 is 0 Å². The van der Waals surface area contributed by atoms with Gasteiger partial charge < -0.3 is 9.84 Å². The lowest BCUT2D eigenvalue weighted by atomic mass is 10.0. The van der Waals surface area contributed by atoms with Gasteiger partial charge in [0.1, 0.15) is 11.6 Å². The third-order valence-electron chi connectivity index (χ3n) is 6.22. The summed E-state index contributed by atoms with van der Waals surface area (Å²) in [5, 5.41) is 16.9. The fourth-order valence-electron chi connectivity index (χ4n) is 4.57. The summed E-state index contributed by atoms with van der Waals surface area (Å²) >= 11 is 0. The van der Waals surface area contributed by atoms with E-state index < -0.39 is 0 Å². The molecule has 1 fully saturated rings. The summed E-state index contributed by atoms with van der Waals surface area (Å²) in [6.07, 6.45) is 2.56. The Morgan fingerprint density at radius 2 is 2.06 bits per heavy atom. The molecule has 1 aliphatic rings. The van der Waals surface area contributed by atoms with Crippen molar-refractivity contribution >= 4 is 0 Å². The minimum Gasteiger partial charge on any atom is -0.496 e. The fraction of sp³-hybridized carbons (Fsp3) is 0.400. The summed E-state index contributed by atoms with van der Waals surface area (Å²) in [5.74, 6) is 0.646. The highest BCUT2D eigenvalue weighted by Crippen LogP contribution is 2.26. The summed E-state index contributed by atoms with van der Waals surface area (Å²) in [4.78, 5) is 4.85. The minimum atomic E-state index is -0.256. The molecule has 0 aliphatic carbocycles. The maximum absolute atomic E-state index is 13.7. The third kappa shape index (κ3) is 5.18. The van der Waals surface area contributed by atoms with Gasteiger partial charge in [0, 0.05) is 56.5 Å². The summed E-state index contributed by atoms with van der Waals surface area (Å²) in [7, 11) is 1.69. The van der Waals surface area contributed by atoms with Gasteiger partial charge in [-0.25, -0.2) is 4.39 Å². The van der Waals surface area contributed by atoms with Crippen LogP contribution in [0, 0.1) is 12.7 Å². The highest BCUT2D eigenvalue weighted by Gasteiger charge is 2.27. The second-order valence-electron chi connectivity index (χ2n) is 8.46. The number of H-pyrrole nitrogens is 1. The second kappa shape index (κ2) is 10.3. The number of hydrogen-bond acceptors (Lipinski definition) is 5. The number of ether oxygens (including phenoxy) is 1. The van der Waals surface area contributed by atoms with Crippen molar-refractivity contribution < 1.29 is 14.2 Å². The van der Waals surface area contributed by atoms with Gasteiger partial charge in [-0.15, -0.1) is 0 Å². The van der Waals surface area contributed by atoms with Gasteiger partial charge in [0.05, 0.1) is 19.0 Å². The van der Waals surface area contributed by atoms with E-state index in [4.69, 9.17) is 4.74 Å². The summed E-state index contributed by atoms with van der Waals surface area (Å²) in [6, 6.07) is 13.2. The van der Waals surface area contributed by atoms with Crippen LogP contribution < -0.4 is 4.74 Å². The van der Waals surface area contributed by atoms with Crippen molar-refractivity contribution in [1.82, 2.24) is 20.0 Å². The molecule has 0 bridgehead atoms. The number of rotatable bonds is 8. The molecular formula is C25H31FN4O2. The predicted molar refractivity (Wildman–Crippen MR) is 123 cm³/mol. The van der Waals surface area contributed by atoms with Crippen molar-refractivity contribution in [2.75, 3.05) is 33.4 Å². The van der Waals surface area contributed by atoms with E-state index >= 15 is 0 Å². The monoisotopic (exact) mass is 438 g/mol. The topological polar surface area (TPSA) is 64.6 Å². The number of aromatic amines is 1. The van der Waals surface area contributed by atoms with E-state index in [1.165, 1.54) is 17.7 Å². The van der Waals surface area contributed by atoms with Gasteiger partial charge in [-0.05, 0) is 42.7 Å². The average Bonchev–Trinajstić information content (AvgIpc) is 3.24. The lowest BCUT2D eigenvalue weighted by Gasteiger charge is -2.41. The highest BCUT2D eigenvalue weighted by molar-refractivity contribution is 5.62. The molecule has 2 N–H and O–H groups in total. The molecule has 2 heterocycles. The van der Waals surface area contributed by atoms with Crippen molar-refractivity contribution in [3.63, 3.8) is 0 Å². The molecule has 7 heteroatoms. The van der Waals surface area contributed by atoms with Crippen LogP contribution in [0.3, 0.4) is 0 Å². The molecule has 1 aliphatic heterocycles. The zero-order chi connectivity index (χ0) is 22.5. The molecular weight excluding hydrogens is 407 g/mol. The molecule has 1 aromatic heterocycles. The number of nitrogens with zero attached hydrogens (tertiary/aromatic N) is 3. The number of piperazine rings is 1. The molecule has 0 radical (unpaired) electrons. The Labute approximate surface area is 188 Å². The van der Waals surface area contributed by atoms with E-state index in [0.29, 0.717) is 0 Å². The molecule has 1 saturated heterocycles. The van der Waals surface area contributed by atoms with Crippen LogP contribution in [0.25, 0.3) is 11.3 Å². The Balaban J connectivity index is 1.44. The van der Waals surface area contributed by atoms with E-state index in [1.807, 2.05) is 18.3 Å². The molecule has 0 saturated carbocycles. The quantitative estimate of drug-likeness (QED) is 0.563. The van der Waals surface area contributed by atoms with Crippen molar-refractivity contribution in [3.8, 4) is 17.0 Å². The number of hydrogen-bond donors (Lipinski definition) is 2. The zero-order valence-electron chi connectivity index (χ0n) is 18.7. The van der Waals surface area contributed by atoms with Crippen LogP contribution in [-0.2, 0) is 13.1 Å².